The average Bonchev–Trinajstić information content (AvgIpc) is 3.27. The maximum absolute atomic E-state index is 13.2. The highest BCUT2D eigenvalue weighted by molar-refractivity contribution is 6.31. The van der Waals surface area contributed by atoms with Crippen molar-refractivity contribution in [2.75, 3.05) is 0 Å². The third-order valence-electron chi connectivity index (χ3n) is 8.26. The van der Waals surface area contributed by atoms with Crippen LogP contribution in [0.1, 0.15) is 24.0 Å². The van der Waals surface area contributed by atoms with E-state index in [9.17, 15) is 9.59 Å². The van der Waals surface area contributed by atoms with Gasteiger partial charge in [0.1, 0.15) is 0 Å². The molecule has 164 valence electrons. The summed E-state index contributed by atoms with van der Waals surface area (Å²) >= 11 is 6.38. The number of carbonyl (C=O) groups is 2. The molecule has 2 heterocycles. The Balaban J connectivity index is 1.21. The summed E-state index contributed by atoms with van der Waals surface area (Å²) in [6.45, 7) is 0.622. The molecule has 2 aromatic carbocycles. The summed E-state index contributed by atoms with van der Waals surface area (Å²) in [5.41, 5.74) is 3.14. The Hall–Kier alpha value is -3.18. The Morgan fingerprint density at radius 1 is 0.970 bits per heavy atom. The first-order chi connectivity index (χ1) is 16.1. The highest BCUT2D eigenvalue weighted by Crippen LogP contribution is 2.73. The van der Waals surface area contributed by atoms with E-state index in [2.05, 4.69) is 27.9 Å². The van der Waals surface area contributed by atoms with Crippen molar-refractivity contribution in [1.29, 1.82) is 0 Å². The van der Waals surface area contributed by atoms with Crippen LogP contribution in [0.25, 0.3) is 10.9 Å². The number of hydrazone groups is 1. The second-order valence-electron chi connectivity index (χ2n) is 9.77. The number of carbonyl (C=O) groups excluding carboxylic acids is 2. The molecule has 0 unspecified atom stereocenters. The maximum Gasteiger partial charge on any atom is 0.254 e. The second kappa shape index (κ2) is 6.67. The average molecular weight is 456 g/mol. The van der Waals surface area contributed by atoms with Crippen molar-refractivity contribution in [3.63, 3.8) is 0 Å². The largest absolute Gasteiger partial charge is 0.342 e. The van der Waals surface area contributed by atoms with Gasteiger partial charge in [0.25, 0.3) is 11.8 Å². The topological polar surface area (TPSA) is 54.7 Å². The van der Waals surface area contributed by atoms with Crippen LogP contribution in [-0.4, -0.2) is 27.6 Å². The Morgan fingerprint density at radius 2 is 1.64 bits per heavy atom. The lowest BCUT2D eigenvalue weighted by atomic mass is 9.85. The Kier molecular flexibility index (Phi) is 3.90. The van der Waals surface area contributed by atoms with Crippen molar-refractivity contribution >= 4 is 40.5 Å². The van der Waals surface area contributed by atoms with Crippen LogP contribution in [0.15, 0.2) is 72.0 Å². The van der Waals surface area contributed by atoms with E-state index in [0.29, 0.717) is 6.54 Å². The monoisotopic (exact) mass is 455 g/mol. The highest BCUT2D eigenvalue weighted by atomic mass is 35.5. The molecular weight excluding hydrogens is 434 g/mol. The normalized spacial score (nSPS) is 28.7. The van der Waals surface area contributed by atoms with E-state index < -0.39 is 0 Å². The molecule has 4 atom stereocenters. The summed E-state index contributed by atoms with van der Waals surface area (Å²) in [4.78, 5) is 26.4. The number of hydrogen-bond acceptors (Lipinski definition) is 3. The number of hydrogen-bond donors (Lipinski definition) is 0. The van der Waals surface area contributed by atoms with E-state index in [-0.39, 0.29) is 40.9 Å². The van der Waals surface area contributed by atoms with Crippen LogP contribution in [0.2, 0.25) is 5.02 Å². The molecule has 3 fully saturated rings. The van der Waals surface area contributed by atoms with Crippen LogP contribution < -0.4 is 0 Å². The number of rotatable bonds is 4. The molecule has 33 heavy (non-hydrogen) atoms. The van der Waals surface area contributed by atoms with E-state index in [4.69, 9.17) is 11.6 Å². The van der Waals surface area contributed by atoms with Gasteiger partial charge in [0, 0.05) is 34.2 Å². The van der Waals surface area contributed by atoms with E-state index >= 15 is 0 Å². The molecule has 7 rings (SSSR count). The van der Waals surface area contributed by atoms with Gasteiger partial charge >= 0.3 is 0 Å². The summed E-state index contributed by atoms with van der Waals surface area (Å²) in [5.74, 6) is -0.306. The van der Waals surface area contributed by atoms with Crippen molar-refractivity contribution < 1.29 is 9.59 Å². The molecule has 5 nitrogen and oxygen atoms in total. The molecule has 4 aliphatic rings. The first-order valence-electron chi connectivity index (χ1n) is 11.5. The van der Waals surface area contributed by atoms with Crippen LogP contribution >= 0.6 is 11.6 Å². The van der Waals surface area contributed by atoms with Gasteiger partial charge < -0.3 is 4.57 Å². The van der Waals surface area contributed by atoms with E-state index in [0.717, 1.165) is 44.9 Å². The van der Waals surface area contributed by atoms with Crippen molar-refractivity contribution in [2.45, 2.75) is 19.4 Å². The van der Waals surface area contributed by atoms with Crippen LogP contribution in [0, 0.1) is 29.1 Å². The third kappa shape index (κ3) is 2.57. The minimum Gasteiger partial charge on any atom is -0.342 e. The number of benzene rings is 2. The zero-order valence-corrected chi connectivity index (χ0v) is 18.7. The van der Waals surface area contributed by atoms with Gasteiger partial charge in [-0.25, -0.2) is 0 Å². The van der Waals surface area contributed by atoms with Crippen LogP contribution in [0.3, 0.4) is 0 Å². The molecule has 0 radical (unpaired) electrons. The third-order valence-corrected chi connectivity index (χ3v) is 8.63. The van der Waals surface area contributed by atoms with Crippen LogP contribution in [0.5, 0.6) is 0 Å². The fourth-order valence-electron chi connectivity index (χ4n) is 6.62. The van der Waals surface area contributed by atoms with Crippen molar-refractivity contribution in [3.05, 3.63) is 83.0 Å². The standard InChI is InChI=1S/C27H22ClN3O2/c28-21-7-3-1-5-16(21)14-30-15-17(18-6-2-4-8-22(18)30)13-29-31-25(32)23-19-9-10-20(24(23)26(31)33)27(19)11-12-27/h1-10,13,15,19-20,23-24H,11-12,14H2/b29-13-/t19-,20-,23-,24-/m1/s1. The number of nitrogens with zero attached hydrogens (tertiary/aromatic N) is 3. The SMILES string of the molecule is O=C1[C@H]2[C@H](C(=O)N1/N=C\c1cn(Cc3ccccc3Cl)c3ccccc13)[C@H]1C=C[C@H]2C12CC2. The number of fused-ring (bicyclic) bond motifs is 4. The van der Waals surface area contributed by atoms with Gasteiger partial charge in [-0.05, 0) is 47.8 Å². The molecule has 2 bridgehead atoms. The first-order valence-corrected chi connectivity index (χ1v) is 11.9. The van der Waals surface area contributed by atoms with Gasteiger partial charge in [0.15, 0.2) is 0 Å². The zero-order chi connectivity index (χ0) is 22.3. The maximum atomic E-state index is 13.2. The predicted octanol–water partition coefficient (Wildman–Crippen LogP) is 4.87. The number of amides is 2. The lowest BCUT2D eigenvalue weighted by Crippen LogP contribution is -2.30. The molecule has 1 saturated heterocycles. The first kappa shape index (κ1) is 19.3. The van der Waals surface area contributed by atoms with E-state index in [1.54, 1.807) is 6.21 Å². The molecule has 0 N–H and O–H groups in total. The van der Waals surface area contributed by atoms with Crippen molar-refractivity contribution in [3.8, 4) is 0 Å². The van der Waals surface area contributed by atoms with Gasteiger partial charge in [-0.1, -0.05) is 60.2 Å². The van der Waals surface area contributed by atoms with Gasteiger partial charge in [-0.15, -0.1) is 0 Å². The van der Waals surface area contributed by atoms with E-state index in [1.807, 2.05) is 48.7 Å². The minimum absolute atomic E-state index is 0.135. The number of halogens is 1. The zero-order valence-electron chi connectivity index (χ0n) is 17.9. The lowest BCUT2D eigenvalue weighted by molar-refractivity contribution is -0.141. The molecule has 1 spiro atoms. The van der Waals surface area contributed by atoms with Crippen LogP contribution in [-0.2, 0) is 16.1 Å². The molecular formula is C27H22ClN3O2. The Labute approximate surface area is 196 Å². The minimum atomic E-state index is -0.228. The molecule has 6 heteroatoms. The molecule has 2 amide bonds. The summed E-state index contributed by atoms with van der Waals surface area (Å²) in [6.07, 6.45) is 10.3. The molecule has 1 aromatic heterocycles. The Morgan fingerprint density at radius 3 is 2.33 bits per heavy atom. The van der Waals surface area contributed by atoms with Gasteiger partial charge in [-0.3, -0.25) is 9.59 Å². The van der Waals surface area contributed by atoms with Crippen molar-refractivity contribution in [1.82, 2.24) is 9.58 Å². The summed E-state index contributed by atoms with van der Waals surface area (Å²) in [7, 11) is 0. The summed E-state index contributed by atoms with van der Waals surface area (Å²) in [6, 6.07) is 15.9. The number of allylic oxidation sites excluding steroid dienone is 2. The number of aromatic nitrogens is 1. The van der Waals surface area contributed by atoms with Crippen molar-refractivity contribution in [2.24, 2.45) is 34.2 Å². The Bertz CT molecular complexity index is 1370. The van der Waals surface area contributed by atoms with E-state index in [1.165, 1.54) is 0 Å². The fraction of sp³-hybridized carbons (Fsp3) is 0.296. The van der Waals surface area contributed by atoms with Gasteiger partial charge in [0.05, 0.1) is 18.1 Å². The highest BCUT2D eigenvalue weighted by Gasteiger charge is 2.73. The predicted molar refractivity (Wildman–Crippen MR) is 127 cm³/mol. The second-order valence-corrected chi connectivity index (χ2v) is 10.2. The molecule has 3 aromatic rings. The fourth-order valence-corrected chi connectivity index (χ4v) is 6.81. The molecule has 3 aliphatic carbocycles. The lowest BCUT2D eigenvalue weighted by Gasteiger charge is -2.18. The number of imide groups is 1. The summed E-state index contributed by atoms with van der Waals surface area (Å²) in [5, 5.41) is 7.31. The van der Waals surface area contributed by atoms with Crippen LogP contribution in [0.4, 0.5) is 0 Å². The van der Waals surface area contributed by atoms with Gasteiger partial charge in [-0.2, -0.15) is 10.1 Å². The molecule has 2 saturated carbocycles. The van der Waals surface area contributed by atoms with Gasteiger partial charge in [0.2, 0.25) is 0 Å². The summed E-state index contributed by atoms with van der Waals surface area (Å²) < 4.78 is 2.13. The molecule has 1 aliphatic heterocycles. The smallest absolute Gasteiger partial charge is 0.254 e. The quantitative estimate of drug-likeness (QED) is 0.320. The number of para-hydroxylation sites is 1.